The number of nitrogens with two attached hydrogens (primary N) is 1. The molecule has 0 aliphatic heterocycles. The van der Waals surface area contributed by atoms with Crippen molar-refractivity contribution in [3.05, 3.63) is 12.7 Å². The maximum absolute atomic E-state index is 10.7. The lowest BCUT2D eigenvalue weighted by atomic mass is 9.94. The molecule has 0 spiro atoms. The lowest BCUT2D eigenvalue weighted by molar-refractivity contribution is -0.143. The second kappa shape index (κ2) is 5.22. The standard InChI is InChI=1S/C8H15NO2S/c1-3-4-8(9,7(10)11)5-6-12-2/h3H,1,4-6,9H2,2H3,(H,10,11)/t8-/m1/s1. The number of rotatable bonds is 6. The van der Waals surface area contributed by atoms with Crippen LogP contribution >= 0.6 is 11.8 Å². The number of hydrogen-bond donors (Lipinski definition) is 2. The van der Waals surface area contributed by atoms with E-state index in [9.17, 15) is 4.79 Å². The number of aliphatic carboxylic acids is 1. The molecule has 0 aromatic carbocycles. The molecule has 0 bridgehead atoms. The Balaban J connectivity index is 4.17. The summed E-state index contributed by atoms with van der Waals surface area (Å²) in [7, 11) is 0. The van der Waals surface area contributed by atoms with Crippen LogP contribution in [-0.2, 0) is 4.79 Å². The number of hydrogen-bond acceptors (Lipinski definition) is 3. The summed E-state index contributed by atoms with van der Waals surface area (Å²) < 4.78 is 0. The highest BCUT2D eigenvalue weighted by Crippen LogP contribution is 2.15. The summed E-state index contributed by atoms with van der Waals surface area (Å²) in [6.45, 7) is 3.49. The molecular weight excluding hydrogens is 174 g/mol. The predicted octanol–water partition coefficient (Wildman–Crippen LogP) is 1.10. The van der Waals surface area contributed by atoms with E-state index >= 15 is 0 Å². The molecule has 1 atom stereocenters. The Morgan fingerprint density at radius 1 is 1.83 bits per heavy atom. The van der Waals surface area contributed by atoms with E-state index in [0.29, 0.717) is 12.8 Å². The molecule has 4 heteroatoms. The third kappa shape index (κ3) is 3.28. The molecule has 0 radical (unpaired) electrons. The minimum Gasteiger partial charge on any atom is -0.480 e. The smallest absolute Gasteiger partial charge is 0.324 e. The maximum Gasteiger partial charge on any atom is 0.324 e. The van der Waals surface area contributed by atoms with Gasteiger partial charge in [0.2, 0.25) is 0 Å². The Kier molecular flexibility index (Phi) is 5.01. The van der Waals surface area contributed by atoms with Gasteiger partial charge in [0.05, 0.1) is 0 Å². The summed E-state index contributed by atoms with van der Waals surface area (Å²) in [5.74, 6) is -0.187. The van der Waals surface area contributed by atoms with Crippen molar-refractivity contribution < 1.29 is 9.90 Å². The van der Waals surface area contributed by atoms with Crippen molar-refractivity contribution in [2.75, 3.05) is 12.0 Å². The largest absolute Gasteiger partial charge is 0.480 e. The number of carboxylic acid groups (broad SMARTS) is 1. The van der Waals surface area contributed by atoms with Crippen LogP contribution in [0.2, 0.25) is 0 Å². The Morgan fingerprint density at radius 3 is 2.75 bits per heavy atom. The molecule has 0 aliphatic carbocycles. The summed E-state index contributed by atoms with van der Waals surface area (Å²) in [5, 5.41) is 8.81. The van der Waals surface area contributed by atoms with E-state index < -0.39 is 11.5 Å². The van der Waals surface area contributed by atoms with Crippen molar-refractivity contribution >= 4 is 17.7 Å². The molecule has 0 aliphatic rings. The zero-order valence-electron chi connectivity index (χ0n) is 7.25. The van der Waals surface area contributed by atoms with E-state index in [4.69, 9.17) is 10.8 Å². The second-order valence-corrected chi connectivity index (χ2v) is 3.68. The summed E-state index contributed by atoms with van der Waals surface area (Å²) >= 11 is 1.59. The van der Waals surface area contributed by atoms with Crippen LogP contribution in [0.15, 0.2) is 12.7 Å². The van der Waals surface area contributed by atoms with Crippen LogP contribution in [0.5, 0.6) is 0 Å². The Bertz CT molecular complexity index is 172. The highest BCUT2D eigenvalue weighted by Gasteiger charge is 2.31. The minimum absolute atomic E-state index is 0.322. The quantitative estimate of drug-likeness (QED) is 0.614. The van der Waals surface area contributed by atoms with Crippen molar-refractivity contribution in [3.63, 3.8) is 0 Å². The first-order chi connectivity index (χ1) is 5.56. The Labute approximate surface area is 77.0 Å². The topological polar surface area (TPSA) is 63.3 Å². The monoisotopic (exact) mass is 189 g/mol. The third-order valence-corrected chi connectivity index (χ3v) is 2.30. The highest BCUT2D eigenvalue weighted by molar-refractivity contribution is 7.98. The van der Waals surface area contributed by atoms with Gasteiger partial charge in [-0.3, -0.25) is 4.79 Å². The molecule has 0 saturated carbocycles. The zero-order chi connectivity index (χ0) is 9.61. The van der Waals surface area contributed by atoms with Crippen LogP contribution < -0.4 is 5.73 Å². The van der Waals surface area contributed by atoms with E-state index in [1.807, 2.05) is 6.26 Å². The van der Waals surface area contributed by atoms with Gasteiger partial charge in [-0.1, -0.05) is 6.08 Å². The molecule has 70 valence electrons. The average Bonchev–Trinajstić information content (AvgIpc) is 2.01. The van der Waals surface area contributed by atoms with Gasteiger partial charge < -0.3 is 10.8 Å². The van der Waals surface area contributed by atoms with Crippen LogP contribution in [0, 0.1) is 0 Å². The molecular formula is C8H15NO2S. The first-order valence-electron chi connectivity index (χ1n) is 3.69. The van der Waals surface area contributed by atoms with Crippen molar-refractivity contribution in [2.45, 2.75) is 18.4 Å². The number of carbonyl (C=O) groups is 1. The fourth-order valence-electron chi connectivity index (χ4n) is 0.838. The molecule has 0 fully saturated rings. The van der Waals surface area contributed by atoms with Gasteiger partial charge in [-0.15, -0.1) is 6.58 Å². The van der Waals surface area contributed by atoms with Gasteiger partial charge in [-0.2, -0.15) is 11.8 Å². The molecule has 0 aromatic heterocycles. The SMILES string of the molecule is C=CC[C@@](N)(CCSC)C(=O)O. The lowest BCUT2D eigenvalue weighted by Crippen LogP contribution is -2.48. The fraction of sp³-hybridized carbons (Fsp3) is 0.625. The molecule has 0 aromatic rings. The van der Waals surface area contributed by atoms with Crippen LogP contribution in [0.4, 0.5) is 0 Å². The molecule has 3 N–H and O–H groups in total. The van der Waals surface area contributed by atoms with Crippen molar-refractivity contribution in [3.8, 4) is 0 Å². The normalized spacial score (nSPS) is 15.2. The Morgan fingerprint density at radius 2 is 2.42 bits per heavy atom. The highest BCUT2D eigenvalue weighted by atomic mass is 32.2. The third-order valence-electron chi connectivity index (χ3n) is 1.69. The fourth-order valence-corrected chi connectivity index (χ4v) is 1.41. The zero-order valence-corrected chi connectivity index (χ0v) is 8.06. The Hall–Kier alpha value is -0.480. The summed E-state index contributed by atoms with van der Waals surface area (Å²) in [6, 6.07) is 0. The molecule has 0 heterocycles. The number of carboxylic acids is 1. The molecule has 3 nitrogen and oxygen atoms in total. The van der Waals surface area contributed by atoms with Crippen LogP contribution in [0.25, 0.3) is 0 Å². The first kappa shape index (κ1) is 11.5. The molecule has 0 unspecified atom stereocenters. The van der Waals surface area contributed by atoms with Gasteiger partial charge in [-0.05, 0) is 24.9 Å². The van der Waals surface area contributed by atoms with Gasteiger partial charge >= 0.3 is 5.97 Å². The van der Waals surface area contributed by atoms with Gasteiger partial charge in [0.1, 0.15) is 5.54 Å². The summed E-state index contributed by atoms with van der Waals surface area (Å²) in [5.41, 5.74) is 4.53. The van der Waals surface area contributed by atoms with Gasteiger partial charge in [0.15, 0.2) is 0 Å². The molecule has 12 heavy (non-hydrogen) atoms. The van der Waals surface area contributed by atoms with Crippen LogP contribution in [-0.4, -0.2) is 28.6 Å². The van der Waals surface area contributed by atoms with Crippen LogP contribution in [0.3, 0.4) is 0 Å². The predicted molar refractivity (Wildman–Crippen MR) is 52.4 cm³/mol. The summed E-state index contributed by atoms with van der Waals surface area (Å²) in [6.07, 6.45) is 4.28. The maximum atomic E-state index is 10.7. The summed E-state index contributed by atoms with van der Waals surface area (Å²) in [4.78, 5) is 10.7. The van der Waals surface area contributed by atoms with Gasteiger partial charge in [0, 0.05) is 0 Å². The van der Waals surface area contributed by atoms with E-state index in [-0.39, 0.29) is 0 Å². The second-order valence-electron chi connectivity index (χ2n) is 2.70. The molecule has 0 amide bonds. The van der Waals surface area contributed by atoms with E-state index in [1.54, 1.807) is 17.8 Å². The van der Waals surface area contributed by atoms with Gasteiger partial charge in [0.25, 0.3) is 0 Å². The van der Waals surface area contributed by atoms with E-state index in [0.717, 1.165) is 5.75 Å². The van der Waals surface area contributed by atoms with Crippen molar-refractivity contribution in [1.82, 2.24) is 0 Å². The average molecular weight is 189 g/mol. The van der Waals surface area contributed by atoms with Crippen molar-refractivity contribution in [2.24, 2.45) is 5.73 Å². The first-order valence-corrected chi connectivity index (χ1v) is 5.08. The molecule has 0 saturated heterocycles. The number of thioether (sulfide) groups is 1. The van der Waals surface area contributed by atoms with Gasteiger partial charge in [-0.25, -0.2) is 0 Å². The minimum atomic E-state index is -1.12. The molecule has 0 rings (SSSR count). The van der Waals surface area contributed by atoms with Crippen molar-refractivity contribution in [1.29, 1.82) is 0 Å². The van der Waals surface area contributed by atoms with E-state index in [1.165, 1.54) is 0 Å². The van der Waals surface area contributed by atoms with Crippen LogP contribution in [0.1, 0.15) is 12.8 Å². The lowest BCUT2D eigenvalue weighted by Gasteiger charge is -2.22. The van der Waals surface area contributed by atoms with E-state index in [2.05, 4.69) is 6.58 Å².